The lowest BCUT2D eigenvalue weighted by Gasteiger charge is -2.44. The largest absolute Gasteiger partial charge is 0.500 e. The summed E-state index contributed by atoms with van der Waals surface area (Å²) < 4.78 is 23.7. The van der Waals surface area contributed by atoms with Crippen molar-refractivity contribution in [2.24, 2.45) is 0 Å². The van der Waals surface area contributed by atoms with Crippen LogP contribution in [0.25, 0.3) is 0 Å². The quantitative estimate of drug-likeness (QED) is 0.0585. The second-order valence-corrected chi connectivity index (χ2v) is 22.4. The Kier molecular flexibility index (Phi) is 25.6. The number of hydrogen-bond donors (Lipinski definition) is 1. The summed E-state index contributed by atoms with van der Waals surface area (Å²) in [6, 6.07) is 0.702. The van der Waals surface area contributed by atoms with E-state index in [0.29, 0.717) is 29.2 Å². The van der Waals surface area contributed by atoms with Gasteiger partial charge in [-0.25, -0.2) is 4.79 Å². The van der Waals surface area contributed by atoms with Crippen LogP contribution in [-0.4, -0.2) is 80.2 Å². The van der Waals surface area contributed by atoms with Crippen LogP contribution in [0.1, 0.15) is 151 Å². The molecule has 0 amide bonds. The molecule has 1 atom stereocenters. The molecule has 0 rings (SSSR count). The maximum atomic E-state index is 12.6. The molecule has 0 aromatic rings. The summed E-state index contributed by atoms with van der Waals surface area (Å²) in [4.78, 5) is 14.9. The van der Waals surface area contributed by atoms with Crippen molar-refractivity contribution >= 4 is 23.1 Å². The number of hydrogen-bond acceptors (Lipinski definition) is 6. The number of aliphatic carboxylic acids is 1. The lowest BCUT2D eigenvalue weighted by Crippen LogP contribution is -2.54. The standard InChI is InChI=1S/C35H75NO6Si2/c1-11-12-13-14-15-16-17-18-19-20-21-22-23-24-25-27-36(28-26-29-43(39-8,40-9)41-10)30-34(35(37)38)42-44(31(2)3,32(4)5)33(6)7/h31-34H,11-30H2,1-10H3,(H,37,38). The van der Waals surface area contributed by atoms with Gasteiger partial charge in [0, 0.05) is 33.9 Å². The van der Waals surface area contributed by atoms with Crippen LogP contribution in [0.4, 0.5) is 0 Å². The monoisotopic (exact) mass is 662 g/mol. The first-order valence-corrected chi connectivity index (χ1v) is 22.3. The molecule has 0 heterocycles. The van der Waals surface area contributed by atoms with Gasteiger partial charge < -0.3 is 27.7 Å². The number of carboxylic acids is 1. The summed E-state index contributed by atoms with van der Waals surface area (Å²) in [5, 5.41) is 10.3. The van der Waals surface area contributed by atoms with Crippen molar-refractivity contribution in [1.29, 1.82) is 0 Å². The van der Waals surface area contributed by atoms with Crippen LogP contribution in [0.2, 0.25) is 22.7 Å². The molecular formula is C35H75NO6Si2. The van der Waals surface area contributed by atoms with Crippen LogP contribution in [0.3, 0.4) is 0 Å². The molecule has 0 aliphatic rings. The Morgan fingerprint density at radius 2 is 0.977 bits per heavy atom. The molecule has 0 aliphatic carbocycles. The van der Waals surface area contributed by atoms with Crippen molar-refractivity contribution in [1.82, 2.24) is 4.90 Å². The van der Waals surface area contributed by atoms with E-state index in [2.05, 4.69) is 53.4 Å². The Morgan fingerprint density at radius 3 is 1.32 bits per heavy atom. The maximum Gasteiger partial charge on any atom is 0.500 e. The average molecular weight is 662 g/mol. The van der Waals surface area contributed by atoms with Crippen LogP contribution < -0.4 is 0 Å². The van der Waals surface area contributed by atoms with E-state index in [1.165, 1.54) is 89.9 Å². The average Bonchev–Trinajstić information content (AvgIpc) is 2.98. The number of rotatable bonds is 31. The van der Waals surface area contributed by atoms with Crippen LogP contribution in [0, 0.1) is 0 Å². The van der Waals surface area contributed by atoms with Crippen molar-refractivity contribution in [3.8, 4) is 0 Å². The SMILES string of the molecule is CCCCCCCCCCCCCCCCCN(CCC[Si](OC)(OC)OC)CC(O[Si](C(C)C)(C(C)C)C(C)C)C(=O)O. The van der Waals surface area contributed by atoms with E-state index in [1.54, 1.807) is 21.3 Å². The number of unbranched alkanes of at least 4 members (excludes halogenated alkanes) is 14. The fourth-order valence-electron chi connectivity index (χ4n) is 7.13. The van der Waals surface area contributed by atoms with Crippen molar-refractivity contribution < 1.29 is 27.6 Å². The van der Waals surface area contributed by atoms with Crippen LogP contribution in [0.5, 0.6) is 0 Å². The summed E-state index contributed by atoms with van der Waals surface area (Å²) in [5.41, 5.74) is 1.01. The third kappa shape index (κ3) is 17.0. The van der Waals surface area contributed by atoms with E-state index in [0.717, 1.165) is 25.9 Å². The van der Waals surface area contributed by atoms with Gasteiger partial charge in [0.25, 0.3) is 0 Å². The van der Waals surface area contributed by atoms with Crippen LogP contribution >= 0.6 is 0 Å². The molecule has 0 fully saturated rings. The predicted molar refractivity (Wildman–Crippen MR) is 191 cm³/mol. The molecule has 1 unspecified atom stereocenters. The fourth-order valence-corrected chi connectivity index (χ4v) is 14.3. The third-order valence-corrected chi connectivity index (χ3v) is 18.7. The highest BCUT2D eigenvalue weighted by molar-refractivity contribution is 6.77. The number of carboxylic acid groups (broad SMARTS) is 1. The van der Waals surface area contributed by atoms with Crippen molar-refractivity contribution in [2.45, 2.75) is 180 Å². The van der Waals surface area contributed by atoms with E-state index >= 15 is 0 Å². The molecule has 7 nitrogen and oxygen atoms in total. The molecule has 9 heteroatoms. The van der Waals surface area contributed by atoms with Gasteiger partial charge in [-0.15, -0.1) is 0 Å². The Morgan fingerprint density at radius 1 is 0.614 bits per heavy atom. The Bertz CT molecular complexity index is 660. The van der Waals surface area contributed by atoms with Gasteiger partial charge in [0.15, 0.2) is 6.10 Å². The predicted octanol–water partition coefficient (Wildman–Crippen LogP) is 10.1. The number of nitrogens with zero attached hydrogens (tertiary/aromatic N) is 1. The molecule has 0 spiro atoms. The molecule has 0 saturated carbocycles. The second kappa shape index (κ2) is 25.8. The number of carbonyl (C=O) groups is 1. The van der Waals surface area contributed by atoms with Gasteiger partial charge in [-0.3, -0.25) is 0 Å². The molecule has 1 N–H and O–H groups in total. The Hall–Kier alpha value is -0.296. The molecule has 0 aliphatic heterocycles. The van der Waals surface area contributed by atoms with E-state index in [4.69, 9.17) is 17.7 Å². The van der Waals surface area contributed by atoms with Crippen LogP contribution in [0.15, 0.2) is 0 Å². The first-order valence-electron chi connectivity index (χ1n) is 18.2. The van der Waals surface area contributed by atoms with Gasteiger partial charge in [0.2, 0.25) is 8.32 Å². The normalized spacial score (nSPS) is 13.6. The van der Waals surface area contributed by atoms with E-state index < -0.39 is 29.2 Å². The zero-order chi connectivity index (χ0) is 33.4. The zero-order valence-electron chi connectivity index (χ0n) is 30.9. The van der Waals surface area contributed by atoms with Gasteiger partial charge in [-0.2, -0.15) is 0 Å². The fraction of sp³-hybridized carbons (Fsp3) is 0.971. The molecular weight excluding hydrogens is 587 g/mol. The van der Waals surface area contributed by atoms with E-state index in [1.807, 2.05) is 0 Å². The molecule has 0 bridgehead atoms. The first kappa shape index (κ1) is 43.7. The molecule has 44 heavy (non-hydrogen) atoms. The van der Waals surface area contributed by atoms with Gasteiger partial charge in [0.1, 0.15) is 0 Å². The van der Waals surface area contributed by atoms with Crippen LogP contribution in [-0.2, 0) is 22.5 Å². The Balaban J connectivity index is 4.95. The maximum absolute atomic E-state index is 12.6. The Labute approximate surface area is 276 Å². The minimum Gasteiger partial charge on any atom is -0.479 e. The van der Waals surface area contributed by atoms with Gasteiger partial charge in [0.05, 0.1) is 0 Å². The molecule has 0 saturated heterocycles. The molecule has 0 aromatic carbocycles. The first-order chi connectivity index (χ1) is 21.0. The van der Waals surface area contributed by atoms with Crippen molar-refractivity contribution in [2.75, 3.05) is 41.0 Å². The van der Waals surface area contributed by atoms with Crippen molar-refractivity contribution in [3.05, 3.63) is 0 Å². The highest BCUT2D eigenvalue weighted by Crippen LogP contribution is 2.43. The van der Waals surface area contributed by atoms with Gasteiger partial charge in [-0.05, 0) is 42.6 Å². The minimum atomic E-state index is -2.67. The second-order valence-electron chi connectivity index (χ2n) is 13.9. The highest BCUT2D eigenvalue weighted by Gasteiger charge is 2.48. The highest BCUT2D eigenvalue weighted by atomic mass is 28.4. The third-order valence-electron chi connectivity index (χ3n) is 9.72. The van der Waals surface area contributed by atoms with Crippen molar-refractivity contribution in [3.63, 3.8) is 0 Å². The minimum absolute atomic E-state index is 0.338. The summed E-state index contributed by atoms with van der Waals surface area (Å²) >= 11 is 0. The molecule has 0 radical (unpaired) electrons. The van der Waals surface area contributed by atoms with E-state index in [-0.39, 0.29) is 0 Å². The van der Waals surface area contributed by atoms with Gasteiger partial charge in [-0.1, -0.05) is 138 Å². The van der Waals surface area contributed by atoms with Gasteiger partial charge >= 0.3 is 14.8 Å². The summed E-state index contributed by atoms with van der Waals surface area (Å²) in [5.74, 6) is -0.847. The smallest absolute Gasteiger partial charge is 0.479 e. The molecule has 264 valence electrons. The topological polar surface area (TPSA) is 77.5 Å². The van der Waals surface area contributed by atoms with E-state index in [9.17, 15) is 9.90 Å². The summed E-state index contributed by atoms with van der Waals surface area (Å²) in [6.45, 7) is 17.6. The summed E-state index contributed by atoms with van der Waals surface area (Å²) in [7, 11) is -0.0628. The summed E-state index contributed by atoms with van der Waals surface area (Å²) in [6.07, 6.45) is 20.1. The lowest BCUT2D eigenvalue weighted by atomic mass is 10.0. The molecule has 0 aromatic heterocycles. The zero-order valence-corrected chi connectivity index (χ0v) is 32.9. The lowest BCUT2D eigenvalue weighted by molar-refractivity contribution is -0.146.